The normalized spacial score (nSPS) is 11.9. The maximum absolute atomic E-state index is 5.15. The first-order chi connectivity index (χ1) is 20.3. The van der Waals surface area contributed by atoms with Gasteiger partial charge in [0.25, 0.3) is 0 Å². The number of hydrogen-bond acceptors (Lipinski definition) is 1. The van der Waals surface area contributed by atoms with Crippen LogP contribution in [0.15, 0.2) is 146 Å². The SMILES string of the molecule is c1cc(-c2ccc3ccccc3c2)cc(-c2ccc3c(c2)c2ccc4ccccc4c2c2nc4ccccc4n32)c1. The van der Waals surface area contributed by atoms with E-state index in [-0.39, 0.29) is 0 Å². The lowest BCUT2D eigenvalue weighted by Crippen LogP contribution is -1.93. The predicted molar refractivity (Wildman–Crippen MR) is 174 cm³/mol. The summed E-state index contributed by atoms with van der Waals surface area (Å²) in [5.74, 6) is 0. The molecule has 2 heterocycles. The monoisotopic (exact) mass is 520 g/mol. The van der Waals surface area contributed by atoms with Crippen molar-refractivity contribution < 1.29 is 0 Å². The molecule has 0 saturated carbocycles. The molecule has 41 heavy (non-hydrogen) atoms. The van der Waals surface area contributed by atoms with Crippen molar-refractivity contribution >= 4 is 59.9 Å². The summed E-state index contributed by atoms with van der Waals surface area (Å²) in [6.45, 7) is 0. The van der Waals surface area contributed by atoms with Gasteiger partial charge in [0, 0.05) is 10.8 Å². The highest BCUT2D eigenvalue weighted by atomic mass is 15.0. The molecule has 0 radical (unpaired) electrons. The molecule has 0 atom stereocenters. The Hall–Kier alpha value is -5.47. The quantitative estimate of drug-likeness (QED) is 0.207. The Kier molecular flexibility index (Phi) is 4.64. The van der Waals surface area contributed by atoms with Crippen LogP contribution in [0.2, 0.25) is 0 Å². The average Bonchev–Trinajstić information content (AvgIpc) is 3.44. The van der Waals surface area contributed by atoms with Gasteiger partial charge in [-0.2, -0.15) is 0 Å². The molecule has 9 aromatic rings. The van der Waals surface area contributed by atoms with E-state index in [0.29, 0.717) is 0 Å². The third kappa shape index (κ3) is 3.34. The smallest absolute Gasteiger partial charge is 0.147 e. The molecule has 0 aliphatic rings. The van der Waals surface area contributed by atoms with Gasteiger partial charge in [-0.1, -0.05) is 109 Å². The number of pyridine rings is 1. The molecule has 2 aromatic heterocycles. The van der Waals surface area contributed by atoms with Crippen LogP contribution < -0.4 is 0 Å². The van der Waals surface area contributed by atoms with Crippen LogP contribution in [0.5, 0.6) is 0 Å². The molecule has 0 saturated heterocycles. The first-order valence-corrected chi connectivity index (χ1v) is 14.1. The highest BCUT2D eigenvalue weighted by Gasteiger charge is 2.16. The highest BCUT2D eigenvalue weighted by Crippen LogP contribution is 2.38. The van der Waals surface area contributed by atoms with Crippen LogP contribution in [-0.4, -0.2) is 9.38 Å². The van der Waals surface area contributed by atoms with Crippen molar-refractivity contribution in [2.24, 2.45) is 0 Å². The number of aromatic nitrogens is 2. The minimum atomic E-state index is 1.01. The Bertz CT molecular complexity index is 2480. The Morgan fingerprint density at radius 1 is 0.390 bits per heavy atom. The van der Waals surface area contributed by atoms with E-state index < -0.39 is 0 Å². The van der Waals surface area contributed by atoms with Crippen LogP contribution in [0.4, 0.5) is 0 Å². The molecule has 9 rings (SSSR count). The standard InChI is InChI=1S/C39H24N2/c1-2-10-27-22-30(17-16-25(27)8-1)28-11-7-12-29(23-28)31-19-21-36-34(24-31)33-20-18-26-9-3-4-13-32(26)38(33)39-40-35-14-5-6-15-37(35)41(36)39/h1-24H. The zero-order valence-corrected chi connectivity index (χ0v) is 22.3. The molecule has 7 aromatic carbocycles. The number of benzene rings is 7. The molecule has 0 spiro atoms. The van der Waals surface area contributed by atoms with Gasteiger partial charge in [-0.3, -0.25) is 4.40 Å². The van der Waals surface area contributed by atoms with Crippen molar-refractivity contribution in [1.29, 1.82) is 0 Å². The fourth-order valence-electron chi connectivity index (χ4n) is 6.55. The maximum atomic E-state index is 5.15. The molecule has 0 unspecified atom stereocenters. The van der Waals surface area contributed by atoms with Gasteiger partial charge in [-0.25, -0.2) is 4.98 Å². The summed E-state index contributed by atoms with van der Waals surface area (Å²) in [6, 6.07) is 52.7. The maximum Gasteiger partial charge on any atom is 0.147 e. The molecule has 0 N–H and O–H groups in total. The molecule has 2 nitrogen and oxygen atoms in total. The van der Waals surface area contributed by atoms with Crippen molar-refractivity contribution in [1.82, 2.24) is 9.38 Å². The van der Waals surface area contributed by atoms with Gasteiger partial charge < -0.3 is 0 Å². The van der Waals surface area contributed by atoms with Crippen molar-refractivity contribution in [2.75, 3.05) is 0 Å². The highest BCUT2D eigenvalue weighted by molar-refractivity contribution is 6.23. The lowest BCUT2D eigenvalue weighted by Gasteiger charge is -2.13. The lowest BCUT2D eigenvalue weighted by atomic mass is 9.95. The summed E-state index contributed by atoms with van der Waals surface area (Å²) in [5, 5.41) is 8.65. The summed E-state index contributed by atoms with van der Waals surface area (Å²) in [6.07, 6.45) is 0. The van der Waals surface area contributed by atoms with Crippen LogP contribution in [0.3, 0.4) is 0 Å². The molecule has 2 heteroatoms. The number of rotatable bonds is 2. The van der Waals surface area contributed by atoms with Gasteiger partial charge in [-0.15, -0.1) is 0 Å². The van der Waals surface area contributed by atoms with Crippen LogP contribution in [0.25, 0.3) is 82.2 Å². The Balaban J connectivity index is 1.32. The zero-order valence-electron chi connectivity index (χ0n) is 22.3. The van der Waals surface area contributed by atoms with E-state index in [9.17, 15) is 0 Å². The molecule has 190 valence electrons. The van der Waals surface area contributed by atoms with Crippen molar-refractivity contribution in [3.05, 3.63) is 146 Å². The Morgan fingerprint density at radius 3 is 1.98 bits per heavy atom. The van der Waals surface area contributed by atoms with E-state index >= 15 is 0 Å². The molecule has 0 bridgehead atoms. The second-order valence-corrected chi connectivity index (χ2v) is 10.8. The summed E-state index contributed by atoms with van der Waals surface area (Å²) < 4.78 is 2.34. The van der Waals surface area contributed by atoms with Crippen LogP contribution in [0.1, 0.15) is 0 Å². The van der Waals surface area contributed by atoms with Gasteiger partial charge in [-0.05, 0) is 85.6 Å². The Labute approximate surface area is 236 Å². The number of hydrogen-bond donors (Lipinski definition) is 0. The van der Waals surface area contributed by atoms with Gasteiger partial charge >= 0.3 is 0 Å². The zero-order chi connectivity index (χ0) is 26.9. The number of nitrogens with zero attached hydrogens (tertiary/aromatic N) is 2. The molecule has 0 aliphatic carbocycles. The van der Waals surface area contributed by atoms with E-state index in [0.717, 1.165) is 16.7 Å². The van der Waals surface area contributed by atoms with Gasteiger partial charge in [0.1, 0.15) is 5.65 Å². The summed E-state index contributed by atoms with van der Waals surface area (Å²) >= 11 is 0. The van der Waals surface area contributed by atoms with Crippen molar-refractivity contribution in [3.8, 4) is 22.3 Å². The van der Waals surface area contributed by atoms with Crippen LogP contribution in [0, 0.1) is 0 Å². The topological polar surface area (TPSA) is 17.3 Å². The summed E-state index contributed by atoms with van der Waals surface area (Å²) in [4.78, 5) is 5.15. The number of fused-ring (bicyclic) bond motifs is 11. The second kappa shape index (κ2) is 8.51. The average molecular weight is 521 g/mol. The minimum Gasteiger partial charge on any atom is -0.292 e. The lowest BCUT2D eigenvalue weighted by molar-refractivity contribution is 1.32. The molecule has 0 aliphatic heterocycles. The van der Waals surface area contributed by atoms with Gasteiger partial charge in [0.15, 0.2) is 0 Å². The number of imidazole rings is 1. The largest absolute Gasteiger partial charge is 0.292 e. The van der Waals surface area contributed by atoms with Gasteiger partial charge in [0.2, 0.25) is 0 Å². The fraction of sp³-hybridized carbons (Fsp3) is 0. The predicted octanol–water partition coefficient (Wildman–Crippen LogP) is 10.4. The van der Waals surface area contributed by atoms with E-state index in [1.54, 1.807) is 0 Å². The number of para-hydroxylation sites is 2. The van der Waals surface area contributed by atoms with E-state index in [4.69, 9.17) is 4.98 Å². The third-order valence-electron chi connectivity index (χ3n) is 8.52. The van der Waals surface area contributed by atoms with Crippen LogP contribution in [-0.2, 0) is 0 Å². The van der Waals surface area contributed by atoms with E-state index in [1.807, 2.05) is 0 Å². The van der Waals surface area contributed by atoms with Crippen LogP contribution >= 0.6 is 0 Å². The third-order valence-corrected chi connectivity index (χ3v) is 8.52. The fourth-order valence-corrected chi connectivity index (χ4v) is 6.55. The first kappa shape index (κ1) is 22.4. The Morgan fingerprint density at radius 2 is 1.07 bits per heavy atom. The van der Waals surface area contributed by atoms with Crippen molar-refractivity contribution in [3.63, 3.8) is 0 Å². The first-order valence-electron chi connectivity index (χ1n) is 14.1. The summed E-state index contributed by atoms with van der Waals surface area (Å²) in [5.41, 5.74) is 9.20. The molecule has 0 amide bonds. The van der Waals surface area contributed by atoms with Crippen molar-refractivity contribution in [2.45, 2.75) is 0 Å². The van der Waals surface area contributed by atoms with E-state index in [2.05, 4.69) is 150 Å². The molecule has 0 fully saturated rings. The summed E-state index contributed by atoms with van der Waals surface area (Å²) in [7, 11) is 0. The van der Waals surface area contributed by atoms with Gasteiger partial charge in [0.05, 0.1) is 16.6 Å². The molecular formula is C39H24N2. The van der Waals surface area contributed by atoms with E-state index in [1.165, 1.54) is 65.5 Å². The minimum absolute atomic E-state index is 1.01. The second-order valence-electron chi connectivity index (χ2n) is 10.8. The molecular weight excluding hydrogens is 496 g/mol.